The van der Waals surface area contributed by atoms with Crippen LogP contribution in [0.5, 0.6) is 0 Å². The van der Waals surface area contributed by atoms with Crippen LogP contribution in [0.3, 0.4) is 0 Å². The van der Waals surface area contributed by atoms with Crippen molar-refractivity contribution >= 4 is 34.8 Å². The lowest BCUT2D eigenvalue weighted by atomic mass is 10.2. The van der Waals surface area contributed by atoms with Gasteiger partial charge in [0.2, 0.25) is 0 Å². The number of aromatic nitrogens is 1. The second-order valence-corrected chi connectivity index (χ2v) is 7.21. The third kappa shape index (κ3) is 5.54. The molecule has 1 amide bonds. The van der Waals surface area contributed by atoms with E-state index in [1.54, 1.807) is 6.07 Å². The summed E-state index contributed by atoms with van der Waals surface area (Å²) in [5.74, 6) is -0.408. The summed E-state index contributed by atoms with van der Waals surface area (Å²) >= 11 is 11.3. The molecule has 1 aromatic heterocycles. The van der Waals surface area contributed by atoms with Crippen LogP contribution in [0.1, 0.15) is 28.8 Å². The summed E-state index contributed by atoms with van der Waals surface area (Å²) in [7, 11) is 0. The number of pyridine rings is 1. The van der Waals surface area contributed by atoms with Crippen LogP contribution in [0.2, 0.25) is 5.02 Å². The first-order valence-corrected chi connectivity index (χ1v) is 9.71. The van der Waals surface area contributed by atoms with Gasteiger partial charge >= 0.3 is 0 Å². The highest BCUT2D eigenvalue weighted by atomic mass is 35.5. The molecule has 1 aliphatic heterocycles. The SMILES string of the molecule is O=C(NNC(=S)NCC1CCCO1)c1ccc(=O)n(Cc2ccccc2Cl)c1. The molecule has 9 heteroatoms. The number of hydrogen-bond donors (Lipinski definition) is 3. The maximum absolute atomic E-state index is 12.4. The van der Waals surface area contributed by atoms with Gasteiger partial charge in [-0.1, -0.05) is 29.8 Å². The summed E-state index contributed by atoms with van der Waals surface area (Å²) in [6.07, 6.45) is 3.68. The molecule has 0 saturated carbocycles. The summed E-state index contributed by atoms with van der Waals surface area (Å²) in [6.45, 7) is 1.63. The third-order valence-electron chi connectivity index (χ3n) is 4.35. The smallest absolute Gasteiger partial charge is 0.271 e. The molecule has 2 aromatic rings. The Hall–Kier alpha value is -2.42. The zero-order valence-corrected chi connectivity index (χ0v) is 16.7. The minimum Gasteiger partial charge on any atom is -0.376 e. The molecule has 0 spiro atoms. The molecular weight excluding hydrogens is 400 g/mol. The molecular formula is C19H21ClN4O3S. The minimum absolute atomic E-state index is 0.142. The fourth-order valence-electron chi connectivity index (χ4n) is 2.84. The first kappa shape index (κ1) is 20.3. The molecule has 28 heavy (non-hydrogen) atoms. The Morgan fingerprint density at radius 2 is 2.07 bits per heavy atom. The molecule has 0 aliphatic carbocycles. The highest BCUT2D eigenvalue weighted by Gasteiger charge is 2.15. The van der Waals surface area contributed by atoms with Crippen molar-refractivity contribution in [3.05, 3.63) is 69.1 Å². The highest BCUT2D eigenvalue weighted by molar-refractivity contribution is 7.80. The van der Waals surface area contributed by atoms with Crippen LogP contribution in [0.25, 0.3) is 0 Å². The number of carbonyl (C=O) groups is 1. The summed E-state index contributed by atoms with van der Waals surface area (Å²) in [5.41, 5.74) is 6.07. The van der Waals surface area contributed by atoms with Crippen LogP contribution in [0, 0.1) is 0 Å². The topological polar surface area (TPSA) is 84.4 Å². The molecule has 3 N–H and O–H groups in total. The number of nitrogens with one attached hydrogen (secondary N) is 3. The molecule has 0 bridgehead atoms. The molecule has 1 atom stereocenters. The first-order valence-electron chi connectivity index (χ1n) is 8.92. The van der Waals surface area contributed by atoms with Gasteiger partial charge in [-0.15, -0.1) is 0 Å². The van der Waals surface area contributed by atoms with Gasteiger partial charge in [-0.05, 0) is 42.8 Å². The van der Waals surface area contributed by atoms with E-state index in [1.165, 1.54) is 22.9 Å². The molecule has 3 rings (SSSR count). The number of nitrogens with zero attached hydrogens (tertiary/aromatic N) is 1. The van der Waals surface area contributed by atoms with Gasteiger partial charge in [-0.25, -0.2) is 0 Å². The Labute approximate surface area is 173 Å². The number of hydrogen-bond acceptors (Lipinski definition) is 4. The molecule has 1 aliphatic rings. The van der Waals surface area contributed by atoms with E-state index in [9.17, 15) is 9.59 Å². The summed E-state index contributed by atoms with van der Waals surface area (Å²) in [4.78, 5) is 24.5. The number of ether oxygens (including phenoxy) is 1. The molecule has 2 heterocycles. The van der Waals surface area contributed by atoms with Crippen LogP contribution < -0.4 is 21.7 Å². The first-order chi connectivity index (χ1) is 13.5. The van der Waals surface area contributed by atoms with Gasteiger partial charge in [-0.2, -0.15) is 0 Å². The fourth-order valence-corrected chi connectivity index (χ4v) is 3.17. The molecule has 1 aromatic carbocycles. The maximum Gasteiger partial charge on any atom is 0.271 e. The van der Waals surface area contributed by atoms with Crippen LogP contribution in [-0.2, 0) is 11.3 Å². The van der Waals surface area contributed by atoms with Crippen molar-refractivity contribution in [1.82, 2.24) is 20.7 Å². The van der Waals surface area contributed by atoms with Gasteiger partial charge in [0.25, 0.3) is 11.5 Å². The predicted molar refractivity (Wildman–Crippen MR) is 111 cm³/mol. The number of hydrazine groups is 1. The zero-order chi connectivity index (χ0) is 19.9. The standard InChI is InChI=1S/C19H21ClN4O3S/c20-16-6-2-1-4-13(16)11-24-12-14(7-8-17(24)25)18(26)22-23-19(28)21-10-15-5-3-9-27-15/h1-2,4,6-8,12,15H,3,5,9-11H2,(H,22,26)(H2,21,23,28). The van der Waals surface area contributed by atoms with Crippen molar-refractivity contribution in [1.29, 1.82) is 0 Å². The van der Waals surface area contributed by atoms with Gasteiger partial charge in [0, 0.05) is 30.4 Å². The van der Waals surface area contributed by atoms with Crippen molar-refractivity contribution in [2.75, 3.05) is 13.2 Å². The highest BCUT2D eigenvalue weighted by Crippen LogP contribution is 2.15. The third-order valence-corrected chi connectivity index (χ3v) is 4.96. The summed E-state index contributed by atoms with van der Waals surface area (Å²) in [5, 5.41) is 3.86. The van der Waals surface area contributed by atoms with Crippen molar-refractivity contribution in [3.8, 4) is 0 Å². The van der Waals surface area contributed by atoms with E-state index in [2.05, 4.69) is 16.2 Å². The second kappa shape index (κ2) is 9.68. The lowest BCUT2D eigenvalue weighted by Crippen LogP contribution is -2.48. The largest absolute Gasteiger partial charge is 0.376 e. The zero-order valence-electron chi connectivity index (χ0n) is 15.1. The Balaban J connectivity index is 1.57. The Bertz CT molecular complexity index is 912. The Morgan fingerprint density at radius 3 is 2.82 bits per heavy atom. The van der Waals surface area contributed by atoms with Crippen LogP contribution in [-0.4, -0.2) is 34.8 Å². The van der Waals surface area contributed by atoms with Crippen LogP contribution in [0.4, 0.5) is 0 Å². The fraction of sp³-hybridized carbons (Fsp3) is 0.316. The van der Waals surface area contributed by atoms with Gasteiger partial charge in [0.15, 0.2) is 5.11 Å². The van der Waals surface area contributed by atoms with Gasteiger partial charge in [-0.3, -0.25) is 20.4 Å². The lowest BCUT2D eigenvalue weighted by molar-refractivity contribution is 0.0942. The van der Waals surface area contributed by atoms with Crippen LogP contribution in [0.15, 0.2) is 47.4 Å². The van der Waals surface area contributed by atoms with E-state index in [-0.39, 0.29) is 18.2 Å². The average molecular weight is 421 g/mol. The van der Waals surface area contributed by atoms with Crippen molar-refractivity contribution in [2.24, 2.45) is 0 Å². The Morgan fingerprint density at radius 1 is 1.25 bits per heavy atom. The minimum atomic E-state index is -0.408. The van der Waals surface area contributed by atoms with Crippen LogP contribution >= 0.6 is 23.8 Å². The normalized spacial score (nSPS) is 15.8. The van der Waals surface area contributed by atoms with Gasteiger partial charge in [0.05, 0.1) is 18.2 Å². The molecule has 7 nitrogen and oxygen atoms in total. The number of thiocarbonyl (C=S) groups is 1. The van der Waals surface area contributed by atoms with Gasteiger partial charge in [0.1, 0.15) is 0 Å². The van der Waals surface area contributed by atoms with Crippen molar-refractivity contribution in [2.45, 2.75) is 25.5 Å². The maximum atomic E-state index is 12.4. The number of amides is 1. The predicted octanol–water partition coefficient (Wildman–Crippen LogP) is 1.84. The van der Waals surface area contributed by atoms with E-state index < -0.39 is 5.91 Å². The second-order valence-electron chi connectivity index (χ2n) is 6.40. The molecule has 1 fully saturated rings. The quantitative estimate of drug-likeness (QED) is 0.505. The van der Waals surface area contributed by atoms with E-state index in [0.29, 0.717) is 22.2 Å². The monoisotopic (exact) mass is 420 g/mol. The molecule has 1 saturated heterocycles. The van der Waals surface area contributed by atoms with E-state index in [4.69, 9.17) is 28.6 Å². The number of halogens is 1. The summed E-state index contributed by atoms with van der Waals surface area (Å²) < 4.78 is 6.94. The number of carbonyl (C=O) groups excluding carboxylic acids is 1. The van der Waals surface area contributed by atoms with Crippen molar-refractivity contribution in [3.63, 3.8) is 0 Å². The molecule has 148 valence electrons. The number of rotatable bonds is 5. The summed E-state index contributed by atoms with van der Waals surface area (Å²) in [6, 6.07) is 10.1. The van der Waals surface area contributed by atoms with Crippen molar-refractivity contribution < 1.29 is 9.53 Å². The average Bonchev–Trinajstić information content (AvgIpc) is 3.21. The van der Waals surface area contributed by atoms with Gasteiger partial charge < -0.3 is 14.6 Å². The Kier molecular flexibility index (Phi) is 7.02. The van der Waals surface area contributed by atoms with E-state index >= 15 is 0 Å². The number of benzene rings is 1. The lowest BCUT2D eigenvalue weighted by Gasteiger charge is -2.15. The molecule has 0 radical (unpaired) electrons. The van der Waals surface area contributed by atoms with E-state index in [0.717, 1.165) is 25.0 Å². The molecule has 1 unspecified atom stereocenters. The van der Waals surface area contributed by atoms with E-state index in [1.807, 2.05) is 18.2 Å².